The lowest BCUT2D eigenvalue weighted by molar-refractivity contribution is 0.137. The summed E-state index contributed by atoms with van der Waals surface area (Å²) in [4.78, 5) is 14.2. The molecule has 0 amide bonds. The van der Waals surface area contributed by atoms with Crippen molar-refractivity contribution in [2.45, 2.75) is 13.3 Å². The molecule has 1 N–H and O–H groups in total. The maximum absolute atomic E-state index is 4.71. The molecule has 2 aromatic heterocycles. The second-order valence-electron chi connectivity index (χ2n) is 7.51. The molecule has 5 nitrogen and oxygen atoms in total. The molecule has 3 aromatic rings. The van der Waals surface area contributed by atoms with Gasteiger partial charge in [0, 0.05) is 63.1 Å². The van der Waals surface area contributed by atoms with Crippen LogP contribution in [0.2, 0.25) is 0 Å². The van der Waals surface area contributed by atoms with Gasteiger partial charge >= 0.3 is 0 Å². The predicted molar refractivity (Wildman–Crippen MR) is 116 cm³/mol. The van der Waals surface area contributed by atoms with E-state index < -0.39 is 0 Å². The van der Waals surface area contributed by atoms with Crippen LogP contribution in [0.1, 0.15) is 11.3 Å². The summed E-state index contributed by atoms with van der Waals surface area (Å²) in [5, 5.41) is 4.60. The van der Waals surface area contributed by atoms with Gasteiger partial charge in [-0.1, -0.05) is 30.3 Å². The highest BCUT2D eigenvalue weighted by Gasteiger charge is 2.16. The highest BCUT2D eigenvalue weighted by atomic mass is 15.3. The summed E-state index contributed by atoms with van der Waals surface area (Å²) in [5.41, 5.74) is 3.47. The summed E-state index contributed by atoms with van der Waals surface area (Å²) in [6.07, 6.45) is 2.97. The minimum Gasteiger partial charge on any atom is -0.369 e. The van der Waals surface area contributed by atoms with E-state index in [1.165, 1.54) is 5.56 Å². The van der Waals surface area contributed by atoms with Crippen molar-refractivity contribution in [1.29, 1.82) is 0 Å². The fourth-order valence-electron chi connectivity index (χ4n) is 3.81. The molecule has 1 saturated heterocycles. The first kappa shape index (κ1) is 18.8. The number of hydrogen-bond donors (Lipinski definition) is 1. The number of hydrogen-bond acceptors (Lipinski definition) is 5. The van der Waals surface area contributed by atoms with Crippen LogP contribution in [0.25, 0.3) is 10.9 Å². The summed E-state index contributed by atoms with van der Waals surface area (Å²) in [6.45, 7) is 9.77. The SMILES string of the molecule is Cc1nccc2nc(NCCN3CCN(CCc4ccccc4)CC3)ccc12. The lowest BCUT2D eigenvalue weighted by Gasteiger charge is -2.34. The van der Waals surface area contributed by atoms with Crippen molar-refractivity contribution in [1.82, 2.24) is 19.8 Å². The summed E-state index contributed by atoms with van der Waals surface area (Å²) >= 11 is 0. The van der Waals surface area contributed by atoms with Crippen LogP contribution >= 0.6 is 0 Å². The van der Waals surface area contributed by atoms with E-state index in [-0.39, 0.29) is 0 Å². The first-order valence-electron chi connectivity index (χ1n) is 10.2. The van der Waals surface area contributed by atoms with Gasteiger partial charge in [0.2, 0.25) is 0 Å². The maximum Gasteiger partial charge on any atom is 0.126 e. The molecule has 1 aliphatic heterocycles. The monoisotopic (exact) mass is 375 g/mol. The van der Waals surface area contributed by atoms with Crippen molar-refractivity contribution in [2.24, 2.45) is 0 Å². The van der Waals surface area contributed by atoms with E-state index in [2.05, 4.69) is 62.6 Å². The number of nitrogens with zero attached hydrogens (tertiary/aromatic N) is 4. The Kier molecular flexibility index (Phi) is 6.14. The van der Waals surface area contributed by atoms with E-state index in [4.69, 9.17) is 4.98 Å². The molecule has 146 valence electrons. The Morgan fingerprint density at radius 1 is 0.893 bits per heavy atom. The fraction of sp³-hybridized carbons (Fsp3) is 0.391. The quantitative estimate of drug-likeness (QED) is 0.687. The summed E-state index contributed by atoms with van der Waals surface area (Å²) in [7, 11) is 0. The molecule has 0 aliphatic carbocycles. The summed E-state index contributed by atoms with van der Waals surface area (Å²) in [6, 6.07) is 16.9. The van der Waals surface area contributed by atoms with Gasteiger partial charge in [0.25, 0.3) is 0 Å². The molecule has 28 heavy (non-hydrogen) atoms. The van der Waals surface area contributed by atoms with E-state index in [0.717, 1.165) is 74.6 Å². The Bertz CT molecular complexity index is 888. The maximum atomic E-state index is 4.71. The van der Waals surface area contributed by atoms with Crippen LogP contribution in [0, 0.1) is 6.92 Å². The molecule has 0 radical (unpaired) electrons. The topological polar surface area (TPSA) is 44.3 Å². The van der Waals surface area contributed by atoms with Crippen LogP contribution in [-0.2, 0) is 6.42 Å². The third-order valence-electron chi connectivity index (χ3n) is 5.57. The van der Waals surface area contributed by atoms with Crippen LogP contribution in [-0.4, -0.2) is 65.6 Å². The minimum atomic E-state index is 0.923. The van der Waals surface area contributed by atoms with Crippen molar-refractivity contribution in [2.75, 3.05) is 51.1 Å². The van der Waals surface area contributed by atoms with Gasteiger partial charge in [-0.2, -0.15) is 0 Å². The van der Waals surface area contributed by atoms with E-state index >= 15 is 0 Å². The fourth-order valence-corrected chi connectivity index (χ4v) is 3.81. The number of piperazine rings is 1. The van der Waals surface area contributed by atoms with Gasteiger partial charge in [0.1, 0.15) is 5.82 Å². The van der Waals surface area contributed by atoms with Crippen LogP contribution in [0.5, 0.6) is 0 Å². The highest BCUT2D eigenvalue weighted by Crippen LogP contribution is 2.16. The van der Waals surface area contributed by atoms with E-state index in [1.54, 1.807) is 0 Å². The summed E-state index contributed by atoms with van der Waals surface area (Å²) < 4.78 is 0. The summed E-state index contributed by atoms with van der Waals surface area (Å²) in [5.74, 6) is 0.944. The van der Waals surface area contributed by atoms with Crippen molar-refractivity contribution >= 4 is 16.7 Å². The van der Waals surface area contributed by atoms with E-state index in [0.29, 0.717) is 0 Å². The number of aryl methyl sites for hydroxylation is 1. The van der Waals surface area contributed by atoms with E-state index in [9.17, 15) is 0 Å². The van der Waals surface area contributed by atoms with E-state index in [1.807, 2.05) is 19.2 Å². The average molecular weight is 376 g/mol. The molecule has 0 spiro atoms. The van der Waals surface area contributed by atoms with Gasteiger partial charge in [0.05, 0.1) is 5.52 Å². The first-order chi connectivity index (χ1) is 13.8. The Balaban J connectivity index is 1.18. The molecule has 1 fully saturated rings. The Labute approximate surface area is 167 Å². The number of aromatic nitrogens is 2. The third-order valence-corrected chi connectivity index (χ3v) is 5.57. The number of anilines is 1. The van der Waals surface area contributed by atoms with Crippen molar-refractivity contribution in [3.63, 3.8) is 0 Å². The average Bonchev–Trinajstić information content (AvgIpc) is 2.74. The van der Waals surface area contributed by atoms with Gasteiger partial charge in [-0.3, -0.25) is 9.88 Å². The van der Waals surface area contributed by atoms with Crippen molar-refractivity contribution in [3.05, 3.63) is 66.0 Å². The van der Waals surface area contributed by atoms with Gasteiger partial charge < -0.3 is 10.2 Å². The number of fused-ring (bicyclic) bond motifs is 1. The van der Waals surface area contributed by atoms with Gasteiger partial charge in [0.15, 0.2) is 0 Å². The van der Waals surface area contributed by atoms with Crippen LogP contribution in [0.4, 0.5) is 5.82 Å². The second kappa shape index (κ2) is 9.13. The zero-order valence-corrected chi connectivity index (χ0v) is 16.6. The standard InChI is InChI=1S/C23H29N5/c1-19-21-7-8-23(26-22(21)9-11-24-19)25-12-14-28-17-15-27(16-18-28)13-10-20-5-3-2-4-6-20/h2-9,11H,10,12-18H2,1H3,(H,25,26). The van der Waals surface area contributed by atoms with Crippen LogP contribution in [0.15, 0.2) is 54.7 Å². The van der Waals surface area contributed by atoms with Gasteiger partial charge in [-0.15, -0.1) is 0 Å². The molecule has 0 atom stereocenters. The molecule has 0 saturated carbocycles. The van der Waals surface area contributed by atoms with Crippen molar-refractivity contribution < 1.29 is 0 Å². The number of pyridine rings is 2. The second-order valence-corrected chi connectivity index (χ2v) is 7.51. The number of rotatable bonds is 7. The lowest BCUT2D eigenvalue weighted by atomic mass is 10.1. The Morgan fingerprint density at radius 2 is 1.64 bits per heavy atom. The molecule has 0 bridgehead atoms. The zero-order chi connectivity index (χ0) is 19.2. The third kappa shape index (κ3) is 4.86. The largest absolute Gasteiger partial charge is 0.369 e. The molecule has 3 heterocycles. The molecule has 1 aromatic carbocycles. The molecular formula is C23H29N5. The highest BCUT2D eigenvalue weighted by molar-refractivity contribution is 5.81. The first-order valence-corrected chi connectivity index (χ1v) is 10.2. The van der Waals surface area contributed by atoms with Gasteiger partial charge in [-0.25, -0.2) is 4.98 Å². The Hall–Kier alpha value is -2.50. The molecule has 4 rings (SSSR count). The normalized spacial score (nSPS) is 15.8. The molecule has 0 unspecified atom stereocenters. The van der Waals surface area contributed by atoms with Crippen LogP contribution < -0.4 is 5.32 Å². The smallest absolute Gasteiger partial charge is 0.126 e. The molecule has 1 aliphatic rings. The van der Waals surface area contributed by atoms with Gasteiger partial charge in [-0.05, 0) is 37.1 Å². The zero-order valence-electron chi connectivity index (χ0n) is 16.6. The Morgan fingerprint density at radius 3 is 2.43 bits per heavy atom. The predicted octanol–water partition coefficient (Wildman–Crippen LogP) is 3.21. The lowest BCUT2D eigenvalue weighted by Crippen LogP contribution is -2.48. The molecular weight excluding hydrogens is 346 g/mol. The number of nitrogens with one attached hydrogen (secondary N) is 1. The molecule has 5 heteroatoms. The van der Waals surface area contributed by atoms with Crippen molar-refractivity contribution in [3.8, 4) is 0 Å². The minimum absolute atomic E-state index is 0.923. The van der Waals surface area contributed by atoms with Crippen LogP contribution in [0.3, 0.4) is 0 Å². The number of benzene rings is 1.